The molecule has 2 rings (SSSR count). The van der Waals surface area contributed by atoms with E-state index in [1.807, 2.05) is 67.6 Å². The van der Waals surface area contributed by atoms with Gasteiger partial charge < -0.3 is 19.7 Å². The summed E-state index contributed by atoms with van der Waals surface area (Å²) >= 11 is 0. The molecule has 2 N–H and O–H groups in total. The van der Waals surface area contributed by atoms with Crippen molar-refractivity contribution in [2.24, 2.45) is 0 Å². The van der Waals surface area contributed by atoms with E-state index in [-0.39, 0.29) is 12.7 Å². The highest BCUT2D eigenvalue weighted by Crippen LogP contribution is 2.14. The van der Waals surface area contributed by atoms with Crippen molar-refractivity contribution in [1.29, 1.82) is 0 Å². The van der Waals surface area contributed by atoms with Gasteiger partial charge in [-0.3, -0.25) is 0 Å². The summed E-state index contributed by atoms with van der Waals surface area (Å²) in [4.78, 5) is 0. The lowest BCUT2D eigenvalue weighted by Crippen LogP contribution is -2.41. The number of benzene rings is 2. The molecule has 0 spiro atoms. The highest BCUT2D eigenvalue weighted by molar-refractivity contribution is 5.14. The summed E-state index contributed by atoms with van der Waals surface area (Å²) in [6.45, 7) is 2.28. The Hall–Kier alpha value is -1.72. The second-order valence-corrected chi connectivity index (χ2v) is 5.51. The Morgan fingerprint density at radius 2 is 1.30 bits per heavy atom. The molecule has 0 aromatic heterocycles. The minimum Gasteiger partial charge on any atom is -0.394 e. The minimum absolute atomic E-state index is 0.346. The van der Waals surface area contributed by atoms with Crippen molar-refractivity contribution < 1.29 is 19.7 Å². The summed E-state index contributed by atoms with van der Waals surface area (Å²) in [6, 6.07) is 19.5. The van der Waals surface area contributed by atoms with Gasteiger partial charge in [0.05, 0.1) is 25.9 Å². The average molecular weight is 316 g/mol. The van der Waals surface area contributed by atoms with Crippen LogP contribution in [0.4, 0.5) is 0 Å². The van der Waals surface area contributed by atoms with E-state index in [2.05, 4.69) is 0 Å². The lowest BCUT2D eigenvalue weighted by Gasteiger charge is -2.28. The first-order valence-corrected chi connectivity index (χ1v) is 7.80. The van der Waals surface area contributed by atoms with Crippen LogP contribution in [-0.4, -0.2) is 35.1 Å². The lowest BCUT2D eigenvalue weighted by molar-refractivity contribution is -0.135. The standard InChI is InChI=1S/C19H24O4/c1-15(22-13-16-8-4-2-5-9-16)19(18(21)12-20)23-14-17-10-6-3-7-11-17/h2-11,15,18-21H,12-14H2,1H3. The van der Waals surface area contributed by atoms with Crippen LogP contribution in [0.2, 0.25) is 0 Å². The van der Waals surface area contributed by atoms with Gasteiger partial charge in [0, 0.05) is 0 Å². The van der Waals surface area contributed by atoms with Crippen LogP contribution in [-0.2, 0) is 22.7 Å². The summed E-state index contributed by atoms with van der Waals surface area (Å²) in [6.07, 6.45) is -1.92. The Labute approximate surface area is 137 Å². The van der Waals surface area contributed by atoms with E-state index in [4.69, 9.17) is 9.47 Å². The predicted octanol–water partition coefficient (Wildman–Crippen LogP) is 2.53. The zero-order chi connectivity index (χ0) is 16.5. The van der Waals surface area contributed by atoms with E-state index in [0.717, 1.165) is 11.1 Å². The van der Waals surface area contributed by atoms with Gasteiger partial charge in [0.2, 0.25) is 0 Å². The number of hydrogen-bond acceptors (Lipinski definition) is 4. The van der Waals surface area contributed by atoms with Gasteiger partial charge in [-0.25, -0.2) is 0 Å². The first-order valence-electron chi connectivity index (χ1n) is 7.80. The topological polar surface area (TPSA) is 58.9 Å². The third kappa shape index (κ3) is 5.77. The molecule has 2 aromatic carbocycles. The summed E-state index contributed by atoms with van der Waals surface area (Å²) in [7, 11) is 0. The quantitative estimate of drug-likeness (QED) is 0.746. The van der Waals surface area contributed by atoms with Crippen molar-refractivity contribution in [3.05, 3.63) is 71.8 Å². The highest BCUT2D eigenvalue weighted by Gasteiger charge is 2.26. The molecule has 23 heavy (non-hydrogen) atoms. The zero-order valence-electron chi connectivity index (χ0n) is 13.3. The molecule has 4 nitrogen and oxygen atoms in total. The summed E-state index contributed by atoms with van der Waals surface area (Å²) < 4.78 is 11.6. The van der Waals surface area contributed by atoms with Crippen LogP contribution in [0.15, 0.2) is 60.7 Å². The normalized spacial score (nSPS) is 15.1. The molecular weight excluding hydrogens is 292 g/mol. The van der Waals surface area contributed by atoms with Crippen LogP contribution in [0, 0.1) is 0 Å². The summed E-state index contributed by atoms with van der Waals surface area (Å²) in [5, 5.41) is 19.3. The molecule has 0 saturated heterocycles. The van der Waals surface area contributed by atoms with Crippen molar-refractivity contribution in [2.75, 3.05) is 6.61 Å². The smallest absolute Gasteiger partial charge is 0.112 e. The molecule has 0 aliphatic heterocycles. The number of rotatable bonds is 9. The molecule has 0 radical (unpaired) electrons. The second-order valence-electron chi connectivity index (χ2n) is 5.51. The summed E-state index contributed by atoms with van der Waals surface area (Å²) in [5.74, 6) is 0. The molecule has 0 fully saturated rings. The maximum absolute atomic E-state index is 10.0. The fourth-order valence-corrected chi connectivity index (χ4v) is 2.33. The van der Waals surface area contributed by atoms with E-state index in [1.165, 1.54) is 0 Å². The number of hydrogen-bond donors (Lipinski definition) is 2. The van der Waals surface area contributed by atoms with Gasteiger partial charge >= 0.3 is 0 Å². The Morgan fingerprint density at radius 3 is 1.78 bits per heavy atom. The van der Waals surface area contributed by atoms with E-state index in [1.54, 1.807) is 0 Å². The largest absolute Gasteiger partial charge is 0.394 e. The van der Waals surface area contributed by atoms with Gasteiger partial charge in [-0.1, -0.05) is 60.7 Å². The molecule has 3 atom stereocenters. The summed E-state index contributed by atoms with van der Waals surface area (Å²) in [5.41, 5.74) is 2.07. The van der Waals surface area contributed by atoms with Crippen LogP contribution in [0.1, 0.15) is 18.1 Å². The minimum atomic E-state index is -0.982. The number of aliphatic hydroxyl groups is 2. The Bertz CT molecular complexity index is 544. The van der Waals surface area contributed by atoms with Gasteiger partial charge in [-0.15, -0.1) is 0 Å². The Balaban J connectivity index is 1.91. The molecule has 3 unspecified atom stereocenters. The van der Waals surface area contributed by atoms with Crippen LogP contribution in [0.3, 0.4) is 0 Å². The van der Waals surface area contributed by atoms with Crippen molar-refractivity contribution in [3.8, 4) is 0 Å². The molecule has 124 valence electrons. The maximum atomic E-state index is 10.0. The van der Waals surface area contributed by atoms with Crippen molar-refractivity contribution >= 4 is 0 Å². The fraction of sp³-hybridized carbons (Fsp3) is 0.368. The zero-order valence-corrected chi connectivity index (χ0v) is 13.3. The molecule has 0 aliphatic carbocycles. The van der Waals surface area contributed by atoms with Crippen LogP contribution in [0.5, 0.6) is 0 Å². The highest BCUT2D eigenvalue weighted by atomic mass is 16.5. The fourth-order valence-electron chi connectivity index (χ4n) is 2.33. The van der Waals surface area contributed by atoms with E-state index < -0.39 is 12.2 Å². The number of ether oxygens (including phenoxy) is 2. The molecule has 2 aromatic rings. The maximum Gasteiger partial charge on any atom is 0.112 e. The number of aliphatic hydroxyl groups excluding tert-OH is 2. The van der Waals surface area contributed by atoms with Gasteiger partial charge in [-0.05, 0) is 18.1 Å². The second kappa shape index (κ2) is 9.43. The molecular formula is C19H24O4. The molecule has 0 heterocycles. The third-order valence-electron chi connectivity index (χ3n) is 3.67. The first-order chi connectivity index (χ1) is 11.2. The van der Waals surface area contributed by atoms with Gasteiger partial charge in [0.15, 0.2) is 0 Å². The molecule has 0 bridgehead atoms. The predicted molar refractivity (Wildman–Crippen MR) is 88.8 cm³/mol. The Kier molecular flexibility index (Phi) is 7.23. The third-order valence-corrected chi connectivity index (χ3v) is 3.67. The van der Waals surface area contributed by atoms with Crippen molar-refractivity contribution in [2.45, 2.75) is 38.4 Å². The van der Waals surface area contributed by atoms with Crippen molar-refractivity contribution in [1.82, 2.24) is 0 Å². The van der Waals surface area contributed by atoms with E-state index in [0.29, 0.717) is 13.2 Å². The molecule has 0 aliphatic rings. The van der Waals surface area contributed by atoms with E-state index >= 15 is 0 Å². The van der Waals surface area contributed by atoms with E-state index in [9.17, 15) is 10.2 Å². The molecule has 0 amide bonds. The SMILES string of the molecule is CC(OCc1ccccc1)C(OCc1ccccc1)C(O)CO. The van der Waals surface area contributed by atoms with Crippen LogP contribution in [0.25, 0.3) is 0 Å². The van der Waals surface area contributed by atoms with Crippen molar-refractivity contribution in [3.63, 3.8) is 0 Å². The molecule has 4 heteroatoms. The van der Waals surface area contributed by atoms with Gasteiger partial charge in [0.1, 0.15) is 12.2 Å². The first kappa shape index (κ1) is 17.6. The van der Waals surface area contributed by atoms with Gasteiger partial charge in [-0.2, -0.15) is 0 Å². The monoisotopic (exact) mass is 316 g/mol. The van der Waals surface area contributed by atoms with Crippen LogP contribution < -0.4 is 0 Å². The lowest BCUT2D eigenvalue weighted by atomic mass is 10.1. The van der Waals surface area contributed by atoms with Crippen LogP contribution >= 0.6 is 0 Å². The molecule has 0 saturated carbocycles. The Morgan fingerprint density at radius 1 is 0.826 bits per heavy atom. The average Bonchev–Trinajstić information content (AvgIpc) is 2.61. The van der Waals surface area contributed by atoms with Gasteiger partial charge in [0.25, 0.3) is 0 Å².